The van der Waals surface area contributed by atoms with E-state index in [4.69, 9.17) is 0 Å². The molecule has 0 aliphatic carbocycles. The van der Waals surface area contributed by atoms with Crippen LogP contribution in [-0.2, 0) is 11.3 Å². The molecule has 1 atom stereocenters. The van der Waals surface area contributed by atoms with Crippen LogP contribution in [0.25, 0.3) is 11.0 Å². The van der Waals surface area contributed by atoms with Crippen molar-refractivity contribution >= 4 is 28.3 Å². The van der Waals surface area contributed by atoms with E-state index in [-0.39, 0.29) is 19.0 Å². The molecule has 0 radical (unpaired) electrons. The number of para-hydroxylation sites is 2. The number of thiophene rings is 1. The standard InChI is InChI=1S/C15H15N3O2S/c19-14(11-5-6-21-9-11)7-16-15(20)8-18-10-17-12-3-1-2-4-13(12)18/h1-6,9-10,14,19H,7-8H2,(H,16,20). The summed E-state index contributed by atoms with van der Waals surface area (Å²) in [5.41, 5.74) is 2.61. The molecule has 2 aromatic heterocycles. The Morgan fingerprint density at radius 3 is 3.05 bits per heavy atom. The Morgan fingerprint density at radius 2 is 2.24 bits per heavy atom. The SMILES string of the molecule is O=C(Cn1cnc2ccccc21)NCC(O)c1ccsc1. The average Bonchev–Trinajstić information content (AvgIpc) is 3.15. The Balaban J connectivity index is 1.59. The molecule has 0 aliphatic heterocycles. The fourth-order valence-electron chi connectivity index (χ4n) is 2.14. The molecule has 0 saturated carbocycles. The molecule has 108 valence electrons. The highest BCUT2D eigenvalue weighted by molar-refractivity contribution is 7.07. The van der Waals surface area contributed by atoms with E-state index < -0.39 is 6.10 Å². The highest BCUT2D eigenvalue weighted by Crippen LogP contribution is 2.15. The number of fused-ring (bicyclic) bond motifs is 1. The van der Waals surface area contributed by atoms with Crippen molar-refractivity contribution in [1.29, 1.82) is 0 Å². The highest BCUT2D eigenvalue weighted by atomic mass is 32.1. The van der Waals surface area contributed by atoms with E-state index in [9.17, 15) is 9.90 Å². The first kappa shape index (κ1) is 13.8. The lowest BCUT2D eigenvalue weighted by Crippen LogP contribution is -2.31. The lowest BCUT2D eigenvalue weighted by molar-refractivity contribution is -0.122. The summed E-state index contributed by atoms with van der Waals surface area (Å²) < 4.78 is 1.79. The van der Waals surface area contributed by atoms with Crippen molar-refractivity contribution < 1.29 is 9.90 Å². The van der Waals surface area contributed by atoms with Crippen LogP contribution in [-0.4, -0.2) is 27.1 Å². The third-order valence-corrected chi connectivity index (χ3v) is 3.96. The van der Waals surface area contributed by atoms with Crippen LogP contribution in [0, 0.1) is 0 Å². The molecule has 1 amide bonds. The van der Waals surface area contributed by atoms with Gasteiger partial charge < -0.3 is 15.0 Å². The summed E-state index contributed by atoms with van der Waals surface area (Å²) in [4.78, 5) is 16.2. The maximum Gasteiger partial charge on any atom is 0.240 e. The molecular weight excluding hydrogens is 286 g/mol. The highest BCUT2D eigenvalue weighted by Gasteiger charge is 2.11. The molecule has 0 aliphatic rings. The number of nitrogens with one attached hydrogen (secondary N) is 1. The molecule has 3 aromatic rings. The predicted octanol–water partition coefficient (Wildman–Crippen LogP) is 1.95. The molecule has 5 nitrogen and oxygen atoms in total. The second-order valence-electron chi connectivity index (χ2n) is 4.74. The molecule has 1 unspecified atom stereocenters. The molecular formula is C15H15N3O2S. The zero-order valence-corrected chi connectivity index (χ0v) is 12.1. The van der Waals surface area contributed by atoms with Gasteiger partial charge in [0.25, 0.3) is 0 Å². The number of carbonyl (C=O) groups is 1. The van der Waals surface area contributed by atoms with Gasteiger partial charge in [-0.1, -0.05) is 12.1 Å². The minimum Gasteiger partial charge on any atom is -0.387 e. The lowest BCUT2D eigenvalue weighted by Gasteiger charge is -2.11. The Kier molecular flexibility index (Phi) is 3.98. The number of hydrogen-bond donors (Lipinski definition) is 2. The molecule has 0 spiro atoms. The van der Waals surface area contributed by atoms with Gasteiger partial charge in [-0.3, -0.25) is 4.79 Å². The van der Waals surface area contributed by atoms with Crippen LogP contribution in [0.3, 0.4) is 0 Å². The molecule has 0 saturated heterocycles. The molecule has 2 heterocycles. The number of aliphatic hydroxyl groups excluding tert-OH is 1. The van der Waals surface area contributed by atoms with Gasteiger partial charge in [0.1, 0.15) is 6.54 Å². The van der Waals surface area contributed by atoms with Gasteiger partial charge in [0.15, 0.2) is 0 Å². The second kappa shape index (κ2) is 6.07. The fourth-order valence-corrected chi connectivity index (χ4v) is 2.85. The first-order valence-corrected chi connectivity index (χ1v) is 7.55. The zero-order valence-electron chi connectivity index (χ0n) is 11.3. The topological polar surface area (TPSA) is 67.2 Å². The third-order valence-electron chi connectivity index (χ3n) is 3.26. The van der Waals surface area contributed by atoms with Gasteiger partial charge in [0, 0.05) is 6.54 Å². The largest absolute Gasteiger partial charge is 0.387 e. The molecule has 2 N–H and O–H groups in total. The number of imidazole rings is 1. The first-order valence-electron chi connectivity index (χ1n) is 6.61. The van der Waals surface area contributed by atoms with Crippen LogP contribution in [0.15, 0.2) is 47.4 Å². The first-order chi connectivity index (χ1) is 10.2. The van der Waals surface area contributed by atoms with Crippen LogP contribution < -0.4 is 5.32 Å². The quantitative estimate of drug-likeness (QED) is 0.757. The van der Waals surface area contributed by atoms with E-state index in [0.717, 1.165) is 16.6 Å². The number of nitrogens with zero attached hydrogens (tertiary/aromatic N) is 2. The number of hydrogen-bond acceptors (Lipinski definition) is 4. The number of benzene rings is 1. The summed E-state index contributed by atoms with van der Waals surface area (Å²) in [6, 6.07) is 9.51. The molecule has 0 bridgehead atoms. The van der Waals surface area contributed by atoms with Gasteiger partial charge in [-0.15, -0.1) is 0 Å². The molecule has 3 rings (SSSR count). The minimum absolute atomic E-state index is 0.146. The maximum absolute atomic E-state index is 12.0. The van der Waals surface area contributed by atoms with E-state index in [1.807, 2.05) is 41.1 Å². The number of amides is 1. The Labute approximate surface area is 125 Å². The summed E-state index contributed by atoms with van der Waals surface area (Å²) in [5, 5.41) is 16.4. The number of carbonyl (C=O) groups excluding carboxylic acids is 1. The van der Waals surface area contributed by atoms with Gasteiger partial charge >= 0.3 is 0 Å². The van der Waals surface area contributed by atoms with Crippen molar-refractivity contribution in [1.82, 2.24) is 14.9 Å². The summed E-state index contributed by atoms with van der Waals surface area (Å²) in [7, 11) is 0. The fraction of sp³-hybridized carbons (Fsp3) is 0.200. The van der Waals surface area contributed by atoms with Crippen LogP contribution in [0.2, 0.25) is 0 Å². The zero-order chi connectivity index (χ0) is 14.7. The predicted molar refractivity (Wildman–Crippen MR) is 82.0 cm³/mol. The van der Waals surface area contributed by atoms with Crippen LogP contribution in [0.5, 0.6) is 0 Å². The van der Waals surface area contributed by atoms with Crippen molar-refractivity contribution in [2.45, 2.75) is 12.6 Å². The van der Waals surface area contributed by atoms with Gasteiger partial charge in [-0.25, -0.2) is 4.98 Å². The molecule has 0 fully saturated rings. The monoisotopic (exact) mass is 301 g/mol. The summed E-state index contributed by atoms with van der Waals surface area (Å²) in [6.45, 7) is 0.402. The third kappa shape index (κ3) is 3.12. The van der Waals surface area contributed by atoms with E-state index in [0.29, 0.717) is 0 Å². The van der Waals surface area contributed by atoms with Gasteiger partial charge in [-0.05, 0) is 34.5 Å². The number of aromatic nitrogens is 2. The van der Waals surface area contributed by atoms with Crippen LogP contribution in [0.4, 0.5) is 0 Å². The van der Waals surface area contributed by atoms with Gasteiger partial charge in [0.05, 0.1) is 23.5 Å². The van der Waals surface area contributed by atoms with E-state index >= 15 is 0 Å². The second-order valence-corrected chi connectivity index (χ2v) is 5.52. The number of rotatable bonds is 5. The van der Waals surface area contributed by atoms with E-state index in [1.165, 1.54) is 11.3 Å². The smallest absolute Gasteiger partial charge is 0.240 e. The summed E-state index contributed by atoms with van der Waals surface area (Å²) in [6.07, 6.45) is 0.985. The Bertz CT molecular complexity index is 736. The normalized spacial score (nSPS) is 12.4. The Morgan fingerprint density at radius 1 is 1.38 bits per heavy atom. The van der Waals surface area contributed by atoms with Crippen molar-refractivity contribution in [2.24, 2.45) is 0 Å². The summed E-state index contributed by atoms with van der Waals surface area (Å²) in [5.74, 6) is -0.146. The van der Waals surface area contributed by atoms with Crippen LogP contribution in [0.1, 0.15) is 11.7 Å². The maximum atomic E-state index is 12.0. The lowest BCUT2D eigenvalue weighted by atomic mass is 10.2. The van der Waals surface area contributed by atoms with Gasteiger partial charge in [0.2, 0.25) is 5.91 Å². The molecule has 1 aromatic carbocycles. The van der Waals surface area contributed by atoms with Crippen molar-refractivity contribution in [3.05, 3.63) is 53.0 Å². The summed E-state index contributed by atoms with van der Waals surface area (Å²) >= 11 is 1.52. The molecule has 21 heavy (non-hydrogen) atoms. The number of aliphatic hydroxyl groups is 1. The van der Waals surface area contributed by atoms with E-state index in [1.54, 1.807) is 10.9 Å². The van der Waals surface area contributed by atoms with Crippen LogP contribution >= 0.6 is 11.3 Å². The van der Waals surface area contributed by atoms with Gasteiger partial charge in [-0.2, -0.15) is 11.3 Å². The van der Waals surface area contributed by atoms with E-state index in [2.05, 4.69) is 10.3 Å². The average molecular weight is 301 g/mol. The van der Waals surface area contributed by atoms with Crippen molar-refractivity contribution in [3.8, 4) is 0 Å². The Hall–Kier alpha value is -2.18. The van der Waals surface area contributed by atoms with Crippen molar-refractivity contribution in [2.75, 3.05) is 6.54 Å². The molecule has 6 heteroatoms. The minimum atomic E-state index is -0.667. The van der Waals surface area contributed by atoms with Crippen molar-refractivity contribution in [3.63, 3.8) is 0 Å².